The van der Waals surface area contributed by atoms with Crippen molar-refractivity contribution in [2.75, 3.05) is 0 Å². The van der Waals surface area contributed by atoms with Gasteiger partial charge >= 0.3 is 0 Å². The molecule has 0 saturated heterocycles. The first-order valence-corrected chi connectivity index (χ1v) is 22.4. The van der Waals surface area contributed by atoms with E-state index in [1.807, 2.05) is 0 Å². The molecule has 0 atom stereocenters. The number of hydrogen-bond donors (Lipinski definition) is 0. The molecule has 2 aliphatic carbocycles. The molecule has 10 aromatic carbocycles. The molecular formula is C63H54. The minimum atomic E-state index is 0.0452. The molecule has 0 bridgehead atoms. The molecule has 0 aliphatic heterocycles. The topological polar surface area (TPSA) is 0 Å². The van der Waals surface area contributed by atoms with E-state index >= 15 is 0 Å². The van der Waals surface area contributed by atoms with E-state index in [1.54, 1.807) is 0 Å². The number of fused-ring (bicyclic) bond motifs is 9. The lowest BCUT2D eigenvalue weighted by Crippen LogP contribution is -2.15. The second-order valence-corrected chi connectivity index (χ2v) is 18.8. The van der Waals surface area contributed by atoms with Crippen LogP contribution in [0.25, 0.3) is 76.8 Å². The van der Waals surface area contributed by atoms with Crippen molar-refractivity contribution in [1.82, 2.24) is 0 Å². The molecule has 0 spiro atoms. The van der Waals surface area contributed by atoms with Gasteiger partial charge in [-0.2, -0.15) is 0 Å². The van der Waals surface area contributed by atoms with Crippen molar-refractivity contribution in [2.24, 2.45) is 0 Å². The molecule has 0 amide bonds. The van der Waals surface area contributed by atoms with Crippen molar-refractivity contribution in [3.63, 3.8) is 0 Å². The summed E-state index contributed by atoms with van der Waals surface area (Å²) < 4.78 is 0. The highest BCUT2D eigenvalue weighted by Gasteiger charge is 2.36. The summed E-state index contributed by atoms with van der Waals surface area (Å²) in [5.41, 5.74) is 20.6. The van der Waals surface area contributed by atoms with Gasteiger partial charge in [0.1, 0.15) is 0 Å². The van der Waals surface area contributed by atoms with Gasteiger partial charge in [-0.1, -0.05) is 215 Å². The average Bonchev–Trinajstić information content (AvgIpc) is 3.67. The van der Waals surface area contributed by atoms with Crippen molar-refractivity contribution in [3.8, 4) is 44.5 Å². The predicted octanol–water partition coefficient (Wildman–Crippen LogP) is 17.4. The molecule has 306 valence electrons. The maximum absolute atomic E-state index is 2.40. The molecular weight excluding hydrogens is 757 g/mol. The van der Waals surface area contributed by atoms with Crippen LogP contribution in [-0.2, 0) is 10.8 Å². The summed E-state index contributed by atoms with van der Waals surface area (Å²) in [4.78, 5) is 0. The van der Waals surface area contributed by atoms with Crippen LogP contribution in [0, 0.1) is 20.8 Å². The third kappa shape index (κ3) is 7.24. The molecule has 10 aromatic rings. The Morgan fingerprint density at radius 1 is 0.270 bits per heavy atom. The second kappa shape index (κ2) is 15.7. The lowest BCUT2D eigenvalue weighted by atomic mass is 9.81. The molecule has 63 heavy (non-hydrogen) atoms. The summed E-state index contributed by atoms with van der Waals surface area (Å²) in [6.07, 6.45) is 0. The predicted molar refractivity (Wildman–Crippen MR) is 272 cm³/mol. The Hall–Kier alpha value is -7.02. The first-order chi connectivity index (χ1) is 30.5. The molecule has 0 nitrogen and oxygen atoms in total. The van der Waals surface area contributed by atoms with Crippen LogP contribution in [0.5, 0.6) is 0 Å². The van der Waals surface area contributed by atoms with E-state index in [4.69, 9.17) is 0 Å². The normalized spacial score (nSPS) is 13.6. The summed E-state index contributed by atoms with van der Waals surface area (Å²) >= 11 is 0. The van der Waals surface area contributed by atoms with Gasteiger partial charge in [0.05, 0.1) is 0 Å². The summed E-state index contributed by atoms with van der Waals surface area (Å²) in [6, 6.07) is 73.2. The number of aryl methyl sites for hydroxylation is 3. The molecule has 0 radical (unpaired) electrons. The van der Waals surface area contributed by atoms with Crippen LogP contribution in [0.2, 0.25) is 0 Å². The lowest BCUT2D eigenvalue weighted by molar-refractivity contribution is 0.660. The van der Waals surface area contributed by atoms with E-state index in [9.17, 15) is 0 Å². The van der Waals surface area contributed by atoms with Gasteiger partial charge in [-0.15, -0.1) is 0 Å². The maximum atomic E-state index is 2.40. The molecule has 0 N–H and O–H groups in total. The Morgan fingerprint density at radius 3 is 1.08 bits per heavy atom. The smallest absolute Gasteiger partial charge is 0.0159 e. The number of hydrogen-bond acceptors (Lipinski definition) is 0. The second-order valence-electron chi connectivity index (χ2n) is 18.8. The summed E-state index contributed by atoms with van der Waals surface area (Å²) in [5, 5.41) is 7.86. The van der Waals surface area contributed by atoms with Crippen LogP contribution in [0.3, 0.4) is 0 Å². The maximum Gasteiger partial charge on any atom is 0.0159 e. The standard InChI is InChI=1S/2C26H22.C11H10/c2*1-17-8-12-22-23-13-11-21(16-25(23)26(2,3)24(22)14-17)20-10-9-18-6-4-5-7-19(18)15-20;1-9-5-4-7-10-6-2-3-8-11(9)10/h2*4-16H,1-3H3;2-8H,1H3. The average molecular weight is 811 g/mol. The van der Waals surface area contributed by atoms with Gasteiger partial charge in [-0.3, -0.25) is 0 Å². The summed E-state index contributed by atoms with van der Waals surface area (Å²) in [5.74, 6) is 0. The van der Waals surface area contributed by atoms with E-state index in [2.05, 4.69) is 249 Å². The minimum Gasteiger partial charge on any atom is -0.0616 e. The molecule has 0 heteroatoms. The first-order valence-electron chi connectivity index (χ1n) is 22.4. The van der Waals surface area contributed by atoms with Gasteiger partial charge in [0.2, 0.25) is 0 Å². The Kier molecular flexibility index (Phi) is 9.99. The van der Waals surface area contributed by atoms with E-state index in [0.717, 1.165) is 0 Å². The van der Waals surface area contributed by atoms with Crippen LogP contribution in [0.1, 0.15) is 66.6 Å². The third-order valence-corrected chi connectivity index (χ3v) is 13.8. The largest absolute Gasteiger partial charge is 0.0616 e. The van der Waals surface area contributed by atoms with Crippen LogP contribution >= 0.6 is 0 Å². The van der Waals surface area contributed by atoms with Crippen LogP contribution in [0.4, 0.5) is 0 Å². The Balaban J connectivity index is 0.000000121. The quantitative estimate of drug-likeness (QED) is 0.163. The van der Waals surface area contributed by atoms with Crippen molar-refractivity contribution >= 4 is 32.3 Å². The van der Waals surface area contributed by atoms with E-state index < -0.39 is 0 Å². The zero-order valence-corrected chi connectivity index (χ0v) is 37.6. The van der Waals surface area contributed by atoms with E-state index in [-0.39, 0.29) is 10.8 Å². The van der Waals surface area contributed by atoms with Crippen molar-refractivity contribution in [1.29, 1.82) is 0 Å². The van der Waals surface area contributed by atoms with Crippen LogP contribution in [-0.4, -0.2) is 0 Å². The molecule has 0 fully saturated rings. The van der Waals surface area contributed by atoms with Crippen LogP contribution < -0.4 is 0 Å². The number of benzene rings is 10. The molecule has 0 saturated carbocycles. The van der Waals surface area contributed by atoms with Crippen molar-refractivity contribution < 1.29 is 0 Å². The fourth-order valence-corrected chi connectivity index (χ4v) is 10.2. The fourth-order valence-electron chi connectivity index (χ4n) is 10.2. The molecule has 2 aliphatic rings. The molecule has 0 aromatic heterocycles. The third-order valence-electron chi connectivity index (χ3n) is 13.8. The van der Waals surface area contributed by atoms with Gasteiger partial charge in [0.25, 0.3) is 0 Å². The lowest BCUT2D eigenvalue weighted by Gasteiger charge is -2.22. The van der Waals surface area contributed by atoms with Gasteiger partial charge < -0.3 is 0 Å². The highest BCUT2D eigenvalue weighted by molar-refractivity contribution is 5.91. The SMILES string of the molecule is Cc1ccc2c(c1)C(C)(C)c1cc(-c3ccc4ccccc4c3)ccc1-2.Cc1ccc2c(c1)C(C)(C)c1cc(-c3ccc4ccccc4c3)ccc1-2.Cc1cccc2ccccc12. The highest BCUT2D eigenvalue weighted by Crippen LogP contribution is 2.51. The molecule has 0 unspecified atom stereocenters. The van der Waals surface area contributed by atoms with Gasteiger partial charge in [0.15, 0.2) is 0 Å². The highest BCUT2D eigenvalue weighted by atomic mass is 14.4. The monoisotopic (exact) mass is 810 g/mol. The minimum absolute atomic E-state index is 0.0452. The molecule has 12 rings (SSSR count). The van der Waals surface area contributed by atoms with Crippen molar-refractivity contribution in [2.45, 2.75) is 59.3 Å². The summed E-state index contributed by atoms with van der Waals surface area (Å²) in [7, 11) is 0. The zero-order valence-electron chi connectivity index (χ0n) is 37.6. The van der Waals surface area contributed by atoms with Crippen molar-refractivity contribution in [3.05, 3.63) is 239 Å². The molecule has 0 heterocycles. The fraction of sp³-hybridized carbons (Fsp3) is 0.143. The zero-order chi connectivity index (χ0) is 43.5. The van der Waals surface area contributed by atoms with Crippen LogP contribution in [0.15, 0.2) is 200 Å². The first kappa shape index (κ1) is 40.1. The van der Waals surface area contributed by atoms with Gasteiger partial charge in [-0.25, -0.2) is 0 Å². The van der Waals surface area contributed by atoms with Gasteiger partial charge in [0, 0.05) is 10.8 Å². The Morgan fingerprint density at radius 2 is 0.619 bits per heavy atom. The van der Waals surface area contributed by atoms with E-state index in [0.29, 0.717) is 0 Å². The Bertz CT molecular complexity index is 3180. The summed E-state index contributed by atoms with van der Waals surface area (Å²) in [6.45, 7) is 15.9. The Labute approximate surface area is 373 Å². The van der Waals surface area contributed by atoms with Gasteiger partial charge in [-0.05, 0) is 150 Å². The number of rotatable bonds is 2. The van der Waals surface area contributed by atoms with E-state index in [1.165, 1.54) is 116 Å².